The zero-order valence-corrected chi connectivity index (χ0v) is 17.3. The van der Waals surface area contributed by atoms with Crippen LogP contribution in [-0.2, 0) is 6.42 Å². The van der Waals surface area contributed by atoms with Gasteiger partial charge in [0.1, 0.15) is 22.7 Å². The SMILES string of the molecule is CC(CCCOc1cccc2c1OC(C)(C)C2)Oc1cccc2ccc(N)nc12. The molecule has 1 aliphatic rings. The molecular formula is C24H28N2O3. The first-order valence-corrected chi connectivity index (χ1v) is 10.2. The van der Waals surface area contributed by atoms with Gasteiger partial charge in [-0.1, -0.05) is 24.3 Å². The number of nitrogen functional groups attached to an aromatic ring is 1. The topological polar surface area (TPSA) is 66.6 Å². The second-order valence-corrected chi connectivity index (χ2v) is 8.27. The van der Waals surface area contributed by atoms with Gasteiger partial charge in [-0.2, -0.15) is 0 Å². The molecule has 2 N–H and O–H groups in total. The quantitative estimate of drug-likeness (QED) is 0.563. The molecule has 29 heavy (non-hydrogen) atoms. The molecule has 0 radical (unpaired) electrons. The van der Waals surface area contributed by atoms with Crippen LogP contribution in [0.15, 0.2) is 48.5 Å². The second kappa shape index (κ2) is 7.82. The molecular weight excluding hydrogens is 364 g/mol. The molecule has 4 rings (SSSR count). The summed E-state index contributed by atoms with van der Waals surface area (Å²) in [5.41, 5.74) is 7.69. The van der Waals surface area contributed by atoms with Crippen LogP contribution in [0.4, 0.5) is 5.82 Å². The third-order valence-electron chi connectivity index (χ3n) is 5.10. The summed E-state index contributed by atoms with van der Waals surface area (Å²) in [6.45, 7) is 6.89. The van der Waals surface area contributed by atoms with Crippen molar-refractivity contribution in [3.63, 3.8) is 0 Å². The molecule has 2 heterocycles. The number of ether oxygens (including phenoxy) is 3. The van der Waals surface area contributed by atoms with Crippen LogP contribution in [0, 0.1) is 0 Å². The molecule has 0 bridgehead atoms. The molecule has 1 aromatic heterocycles. The van der Waals surface area contributed by atoms with Crippen molar-refractivity contribution in [1.82, 2.24) is 4.98 Å². The Labute approximate surface area is 171 Å². The summed E-state index contributed by atoms with van der Waals surface area (Å²) in [4.78, 5) is 4.42. The average molecular weight is 392 g/mol. The van der Waals surface area contributed by atoms with Gasteiger partial charge in [0.05, 0.1) is 12.7 Å². The summed E-state index contributed by atoms with van der Waals surface area (Å²) in [5.74, 6) is 2.98. The maximum atomic E-state index is 6.14. The highest BCUT2D eigenvalue weighted by atomic mass is 16.5. The highest BCUT2D eigenvalue weighted by Crippen LogP contribution is 2.41. The Balaban J connectivity index is 1.31. The molecule has 0 spiro atoms. The fourth-order valence-corrected chi connectivity index (χ4v) is 3.76. The van der Waals surface area contributed by atoms with Crippen molar-refractivity contribution in [2.75, 3.05) is 12.3 Å². The molecule has 1 aliphatic heterocycles. The predicted molar refractivity (Wildman–Crippen MR) is 116 cm³/mol. The molecule has 3 aromatic rings. The molecule has 0 aliphatic carbocycles. The number of pyridine rings is 1. The summed E-state index contributed by atoms with van der Waals surface area (Å²) in [5, 5.41) is 1.02. The Hall–Kier alpha value is -2.95. The maximum absolute atomic E-state index is 6.14. The molecule has 0 fully saturated rings. The van der Waals surface area contributed by atoms with Crippen molar-refractivity contribution in [1.29, 1.82) is 0 Å². The smallest absolute Gasteiger partial charge is 0.165 e. The number of benzene rings is 2. The predicted octanol–water partition coefficient (Wildman–Crippen LogP) is 5.16. The molecule has 2 aromatic carbocycles. The number of para-hydroxylation sites is 2. The minimum Gasteiger partial charge on any atom is -0.490 e. The fourth-order valence-electron chi connectivity index (χ4n) is 3.76. The average Bonchev–Trinajstić information content (AvgIpc) is 3.00. The first-order chi connectivity index (χ1) is 13.9. The van der Waals surface area contributed by atoms with Gasteiger partial charge in [-0.25, -0.2) is 4.98 Å². The Morgan fingerprint density at radius 2 is 1.90 bits per heavy atom. The Morgan fingerprint density at radius 1 is 1.10 bits per heavy atom. The third kappa shape index (κ3) is 4.39. The molecule has 5 nitrogen and oxygen atoms in total. The van der Waals surface area contributed by atoms with E-state index in [9.17, 15) is 0 Å². The number of anilines is 1. The van der Waals surface area contributed by atoms with Crippen molar-refractivity contribution in [3.05, 3.63) is 54.1 Å². The van der Waals surface area contributed by atoms with Crippen molar-refractivity contribution >= 4 is 16.7 Å². The summed E-state index contributed by atoms with van der Waals surface area (Å²) < 4.78 is 18.2. The van der Waals surface area contributed by atoms with Crippen LogP contribution in [-0.4, -0.2) is 23.3 Å². The second-order valence-electron chi connectivity index (χ2n) is 8.27. The lowest BCUT2D eigenvalue weighted by Gasteiger charge is -2.19. The molecule has 152 valence electrons. The van der Waals surface area contributed by atoms with Crippen molar-refractivity contribution in [3.8, 4) is 17.2 Å². The number of fused-ring (bicyclic) bond motifs is 2. The molecule has 0 saturated heterocycles. The highest BCUT2D eigenvalue weighted by Gasteiger charge is 2.32. The van der Waals surface area contributed by atoms with Crippen LogP contribution in [0.1, 0.15) is 39.2 Å². The molecule has 1 atom stereocenters. The van der Waals surface area contributed by atoms with E-state index in [1.54, 1.807) is 6.07 Å². The Morgan fingerprint density at radius 3 is 2.76 bits per heavy atom. The van der Waals surface area contributed by atoms with Crippen molar-refractivity contribution in [2.24, 2.45) is 0 Å². The maximum Gasteiger partial charge on any atom is 0.165 e. The fraction of sp³-hybridized carbons (Fsp3) is 0.375. The van der Waals surface area contributed by atoms with Gasteiger partial charge in [0, 0.05) is 17.4 Å². The number of nitrogens with zero attached hydrogens (tertiary/aromatic N) is 1. The molecule has 5 heteroatoms. The standard InChI is InChI=1S/C24H28N2O3/c1-16(28-19-10-4-8-17-12-13-21(25)26-22(17)19)7-6-14-27-20-11-5-9-18-15-24(2,3)29-23(18)20/h4-5,8-13,16H,6-7,14-15H2,1-3H3,(H2,25,26). The lowest BCUT2D eigenvalue weighted by atomic mass is 10.0. The minimum atomic E-state index is -0.167. The van der Waals surface area contributed by atoms with E-state index in [1.165, 1.54) is 5.56 Å². The van der Waals surface area contributed by atoms with E-state index in [1.807, 2.05) is 36.4 Å². The van der Waals surface area contributed by atoms with Gasteiger partial charge in [-0.05, 0) is 57.9 Å². The lowest BCUT2D eigenvalue weighted by molar-refractivity contribution is 0.131. The van der Waals surface area contributed by atoms with Gasteiger partial charge in [-0.3, -0.25) is 0 Å². The largest absolute Gasteiger partial charge is 0.490 e. The van der Waals surface area contributed by atoms with E-state index >= 15 is 0 Å². The monoisotopic (exact) mass is 392 g/mol. The Kier molecular flexibility index (Phi) is 5.22. The minimum absolute atomic E-state index is 0.0455. The summed E-state index contributed by atoms with van der Waals surface area (Å²) >= 11 is 0. The van der Waals surface area contributed by atoms with Crippen LogP contribution in [0.5, 0.6) is 17.2 Å². The van der Waals surface area contributed by atoms with Crippen LogP contribution >= 0.6 is 0 Å². The van der Waals surface area contributed by atoms with E-state index in [2.05, 4.69) is 31.8 Å². The zero-order chi connectivity index (χ0) is 20.4. The number of aromatic nitrogens is 1. The van der Waals surface area contributed by atoms with Gasteiger partial charge in [0.2, 0.25) is 0 Å². The molecule has 0 saturated carbocycles. The van der Waals surface area contributed by atoms with Gasteiger partial charge >= 0.3 is 0 Å². The van der Waals surface area contributed by atoms with Gasteiger partial charge in [0.25, 0.3) is 0 Å². The number of hydrogen-bond donors (Lipinski definition) is 1. The first-order valence-electron chi connectivity index (χ1n) is 10.2. The first kappa shape index (κ1) is 19.4. The van der Waals surface area contributed by atoms with Gasteiger partial charge in [0.15, 0.2) is 11.5 Å². The summed E-state index contributed by atoms with van der Waals surface area (Å²) in [7, 11) is 0. The van der Waals surface area contributed by atoms with E-state index < -0.39 is 0 Å². The zero-order valence-electron chi connectivity index (χ0n) is 17.3. The van der Waals surface area contributed by atoms with Gasteiger partial charge < -0.3 is 19.9 Å². The third-order valence-corrected chi connectivity index (χ3v) is 5.10. The van der Waals surface area contributed by atoms with Crippen LogP contribution in [0.3, 0.4) is 0 Å². The number of hydrogen-bond acceptors (Lipinski definition) is 5. The summed E-state index contributed by atoms with van der Waals surface area (Å²) in [6.07, 6.45) is 2.71. The normalized spacial score (nSPS) is 15.6. The van der Waals surface area contributed by atoms with Crippen molar-refractivity contribution in [2.45, 2.75) is 51.7 Å². The highest BCUT2D eigenvalue weighted by molar-refractivity contribution is 5.85. The van der Waals surface area contributed by atoms with Crippen molar-refractivity contribution < 1.29 is 14.2 Å². The van der Waals surface area contributed by atoms with Crippen LogP contribution < -0.4 is 19.9 Å². The lowest BCUT2D eigenvalue weighted by Crippen LogP contribution is -2.24. The Bertz CT molecular complexity index is 1020. The van der Waals surface area contributed by atoms with Gasteiger partial charge in [-0.15, -0.1) is 0 Å². The summed E-state index contributed by atoms with van der Waals surface area (Å²) in [6, 6.07) is 15.8. The van der Waals surface area contributed by atoms with Crippen LogP contribution in [0.2, 0.25) is 0 Å². The van der Waals surface area contributed by atoms with E-state index in [-0.39, 0.29) is 11.7 Å². The number of rotatable bonds is 7. The van der Waals surface area contributed by atoms with E-state index in [0.717, 1.165) is 47.4 Å². The molecule has 1 unspecified atom stereocenters. The van der Waals surface area contributed by atoms with E-state index in [4.69, 9.17) is 19.9 Å². The molecule has 0 amide bonds. The van der Waals surface area contributed by atoms with E-state index in [0.29, 0.717) is 12.4 Å². The number of nitrogens with two attached hydrogens (primary N) is 1. The van der Waals surface area contributed by atoms with Crippen LogP contribution in [0.25, 0.3) is 10.9 Å².